The molecule has 2 aromatic rings. The Morgan fingerprint density at radius 2 is 1.90 bits per heavy atom. The van der Waals surface area contributed by atoms with Gasteiger partial charge in [-0.3, -0.25) is 9.36 Å². The first-order valence-corrected chi connectivity index (χ1v) is 6.52. The van der Waals surface area contributed by atoms with E-state index in [-0.39, 0.29) is 28.7 Å². The van der Waals surface area contributed by atoms with Crippen LogP contribution in [0, 0.1) is 0 Å². The smallest absolute Gasteiger partial charge is 0.330 e. The van der Waals surface area contributed by atoms with Crippen LogP contribution in [0.5, 0.6) is 0 Å². The van der Waals surface area contributed by atoms with Gasteiger partial charge in [0.1, 0.15) is 0 Å². The van der Waals surface area contributed by atoms with Crippen molar-refractivity contribution in [2.75, 3.05) is 0 Å². The highest BCUT2D eigenvalue weighted by molar-refractivity contribution is 7.80. The topological polar surface area (TPSA) is 70.0 Å². The monoisotopic (exact) mass is 289 g/mol. The van der Waals surface area contributed by atoms with Crippen LogP contribution in [0.3, 0.4) is 0 Å². The molecule has 0 bridgehead atoms. The molecule has 1 aromatic heterocycles. The van der Waals surface area contributed by atoms with Crippen LogP contribution in [0.1, 0.15) is 11.5 Å². The number of hydrogen-bond acceptors (Lipinski definition) is 3. The maximum Gasteiger partial charge on any atom is 0.330 e. The third kappa shape index (κ3) is 2.85. The van der Waals surface area contributed by atoms with Crippen LogP contribution < -0.4 is 17.0 Å². The van der Waals surface area contributed by atoms with E-state index >= 15 is 0 Å². The Kier molecular flexibility index (Phi) is 4.14. The lowest BCUT2D eigenvalue weighted by Crippen LogP contribution is -2.40. The van der Waals surface area contributed by atoms with Gasteiger partial charge in [0.15, 0.2) is 0 Å². The summed E-state index contributed by atoms with van der Waals surface area (Å²) in [6, 6.07) is 10.7. The molecule has 20 heavy (non-hydrogen) atoms. The Labute approximate surface area is 121 Å². The highest BCUT2D eigenvalue weighted by Gasteiger charge is 2.17. The average Bonchev–Trinajstić information content (AvgIpc) is 2.44. The molecule has 0 radical (unpaired) electrons. The molecule has 1 heterocycles. The Morgan fingerprint density at radius 1 is 1.25 bits per heavy atom. The van der Waals surface area contributed by atoms with E-state index in [1.54, 1.807) is 7.05 Å². The molecular formula is C14H15N3O2S. The van der Waals surface area contributed by atoms with Crippen molar-refractivity contribution < 1.29 is 0 Å². The number of hydrogen-bond donors (Lipinski definition) is 1. The molecule has 2 N–H and O–H groups in total. The van der Waals surface area contributed by atoms with Gasteiger partial charge in [-0.15, -0.1) is 0 Å². The second kappa shape index (κ2) is 5.83. The molecule has 2 rings (SSSR count). The van der Waals surface area contributed by atoms with Crippen molar-refractivity contribution in [2.24, 2.45) is 12.8 Å². The van der Waals surface area contributed by atoms with E-state index in [1.165, 1.54) is 16.8 Å². The van der Waals surface area contributed by atoms with Crippen LogP contribution in [0.4, 0.5) is 0 Å². The SMILES string of the molecule is Cn1ccc(=O)n(CC(C(N)=S)c2ccccc2)c1=O. The highest BCUT2D eigenvalue weighted by Crippen LogP contribution is 2.17. The van der Waals surface area contributed by atoms with Crippen LogP contribution in [0.15, 0.2) is 52.2 Å². The van der Waals surface area contributed by atoms with E-state index < -0.39 is 0 Å². The molecule has 0 spiro atoms. The summed E-state index contributed by atoms with van der Waals surface area (Å²) in [5.41, 5.74) is 5.91. The van der Waals surface area contributed by atoms with Crippen LogP contribution >= 0.6 is 12.2 Å². The summed E-state index contributed by atoms with van der Waals surface area (Å²) in [6.07, 6.45) is 1.44. The summed E-state index contributed by atoms with van der Waals surface area (Å²) in [5, 5.41) is 0. The van der Waals surface area contributed by atoms with Gasteiger partial charge in [0.05, 0.1) is 10.9 Å². The predicted molar refractivity (Wildman–Crippen MR) is 81.9 cm³/mol. The summed E-state index contributed by atoms with van der Waals surface area (Å²) >= 11 is 5.07. The summed E-state index contributed by atoms with van der Waals surface area (Å²) in [4.78, 5) is 24.1. The first-order valence-electron chi connectivity index (χ1n) is 6.11. The second-order valence-electron chi connectivity index (χ2n) is 4.52. The van der Waals surface area contributed by atoms with Gasteiger partial charge in [0, 0.05) is 25.9 Å². The number of rotatable bonds is 4. The Morgan fingerprint density at radius 3 is 2.50 bits per heavy atom. The van der Waals surface area contributed by atoms with Gasteiger partial charge in [0.25, 0.3) is 5.56 Å². The van der Waals surface area contributed by atoms with Crippen LogP contribution in [-0.2, 0) is 13.6 Å². The van der Waals surface area contributed by atoms with E-state index in [0.717, 1.165) is 10.1 Å². The molecule has 6 heteroatoms. The minimum Gasteiger partial charge on any atom is -0.393 e. The summed E-state index contributed by atoms with van der Waals surface area (Å²) < 4.78 is 2.50. The van der Waals surface area contributed by atoms with Gasteiger partial charge in [-0.2, -0.15) is 0 Å². The molecule has 0 fully saturated rings. The van der Waals surface area contributed by atoms with Crippen molar-refractivity contribution in [3.05, 3.63) is 69.0 Å². The first-order chi connectivity index (χ1) is 9.50. The molecule has 1 unspecified atom stereocenters. The third-order valence-corrected chi connectivity index (χ3v) is 3.43. The summed E-state index contributed by atoms with van der Waals surface area (Å²) in [6.45, 7) is 0.145. The lowest BCUT2D eigenvalue weighted by Gasteiger charge is -2.17. The third-order valence-electron chi connectivity index (χ3n) is 3.15. The highest BCUT2D eigenvalue weighted by atomic mass is 32.1. The number of aryl methyl sites for hydroxylation is 1. The van der Waals surface area contributed by atoms with E-state index in [9.17, 15) is 9.59 Å². The summed E-state index contributed by atoms with van der Waals surface area (Å²) in [5.74, 6) is -0.348. The van der Waals surface area contributed by atoms with Crippen molar-refractivity contribution in [2.45, 2.75) is 12.5 Å². The zero-order valence-corrected chi connectivity index (χ0v) is 11.8. The van der Waals surface area contributed by atoms with E-state index in [0.29, 0.717) is 0 Å². The van der Waals surface area contributed by atoms with Gasteiger partial charge in [-0.05, 0) is 5.56 Å². The zero-order valence-electron chi connectivity index (χ0n) is 11.0. The molecule has 0 aliphatic carbocycles. The van der Waals surface area contributed by atoms with E-state index in [4.69, 9.17) is 18.0 Å². The molecule has 0 aliphatic heterocycles. The molecule has 0 saturated heterocycles. The number of nitrogens with two attached hydrogens (primary N) is 1. The quantitative estimate of drug-likeness (QED) is 0.838. The second-order valence-corrected chi connectivity index (χ2v) is 5.00. The summed E-state index contributed by atoms with van der Waals surface area (Å²) in [7, 11) is 1.59. The molecular weight excluding hydrogens is 274 g/mol. The maximum atomic E-state index is 12.0. The Hall–Kier alpha value is -2.21. The molecule has 104 valence electrons. The van der Waals surface area contributed by atoms with E-state index in [1.807, 2.05) is 30.3 Å². The molecule has 0 aliphatic rings. The van der Waals surface area contributed by atoms with Gasteiger partial charge >= 0.3 is 5.69 Å². The van der Waals surface area contributed by atoms with Crippen molar-refractivity contribution in [3.8, 4) is 0 Å². The minimum atomic E-state index is -0.380. The molecule has 5 nitrogen and oxygen atoms in total. The standard InChI is InChI=1S/C14H15N3O2S/c1-16-8-7-12(18)17(14(16)19)9-11(13(15)20)10-5-3-2-4-6-10/h2-8,11H,9H2,1H3,(H2,15,20). The lowest BCUT2D eigenvalue weighted by molar-refractivity contribution is 0.571. The molecule has 0 saturated carbocycles. The maximum absolute atomic E-state index is 12.0. The van der Waals surface area contributed by atoms with Crippen molar-refractivity contribution >= 4 is 17.2 Å². The van der Waals surface area contributed by atoms with Gasteiger partial charge < -0.3 is 10.3 Å². The molecule has 1 aromatic carbocycles. The van der Waals surface area contributed by atoms with E-state index in [2.05, 4.69) is 0 Å². The van der Waals surface area contributed by atoms with Crippen LogP contribution in [0.25, 0.3) is 0 Å². The Bertz CT molecular complexity index is 734. The fourth-order valence-electron chi connectivity index (χ4n) is 2.01. The van der Waals surface area contributed by atoms with Gasteiger partial charge in [-0.1, -0.05) is 42.5 Å². The predicted octanol–water partition coefficient (Wildman–Crippen LogP) is 0.617. The largest absolute Gasteiger partial charge is 0.393 e. The minimum absolute atomic E-state index is 0.145. The Balaban J connectivity index is 2.46. The van der Waals surface area contributed by atoms with Crippen LogP contribution in [-0.4, -0.2) is 14.1 Å². The first kappa shape index (κ1) is 14.2. The van der Waals surface area contributed by atoms with Gasteiger partial charge in [0.2, 0.25) is 0 Å². The van der Waals surface area contributed by atoms with Crippen molar-refractivity contribution in [3.63, 3.8) is 0 Å². The van der Waals surface area contributed by atoms with Crippen LogP contribution in [0.2, 0.25) is 0 Å². The van der Waals surface area contributed by atoms with Crippen molar-refractivity contribution in [1.82, 2.24) is 9.13 Å². The van der Waals surface area contributed by atoms with Crippen molar-refractivity contribution in [1.29, 1.82) is 0 Å². The van der Waals surface area contributed by atoms with Gasteiger partial charge in [-0.25, -0.2) is 4.79 Å². The number of thiocarbonyl (C=S) groups is 1. The number of aromatic nitrogens is 2. The lowest BCUT2D eigenvalue weighted by atomic mass is 9.99. The molecule has 1 atom stereocenters. The zero-order chi connectivity index (χ0) is 14.7. The fraction of sp³-hybridized carbons (Fsp3) is 0.214. The normalized spacial score (nSPS) is 12.1. The average molecular weight is 289 g/mol. The fourth-order valence-corrected chi connectivity index (χ4v) is 2.22. The number of nitrogens with zero attached hydrogens (tertiary/aromatic N) is 2. The molecule has 0 amide bonds. The number of benzene rings is 1.